The molecule has 0 amide bonds. The highest BCUT2D eigenvalue weighted by Gasteiger charge is 2.35. The Kier molecular flexibility index (Phi) is 5.46. The highest BCUT2D eigenvalue weighted by Crippen LogP contribution is 2.44. The molecule has 1 heterocycles. The number of piperidine rings is 1. The number of rotatable bonds is 5. The van der Waals surface area contributed by atoms with Crippen LogP contribution >= 0.6 is 0 Å². The number of aliphatic hydroxyl groups excluding tert-OH is 1. The second-order valence-corrected chi connectivity index (χ2v) is 6.32. The van der Waals surface area contributed by atoms with Gasteiger partial charge in [0, 0.05) is 13.1 Å². The maximum absolute atomic E-state index is 9.93. The van der Waals surface area contributed by atoms with Crippen molar-refractivity contribution in [2.75, 3.05) is 32.7 Å². The van der Waals surface area contributed by atoms with Gasteiger partial charge in [-0.05, 0) is 50.7 Å². The van der Waals surface area contributed by atoms with Gasteiger partial charge in [0.1, 0.15) is 0 Å². The molecule has 2 aliphatic rings. The number of aliphatic hydroxyl groups is 1. The number of hydrogen-bond donors (Lipinski definition) is 2. The molecule has 3 nitrogen and oxygen atoms in total. The fourth-order valence-corrected chi connectivity index (χ4v) is 3.69. The predicted octanol–water partition coefficient (Wildman–Crippen LogP) is 2.00. The molecule has 1 saturated heterocycles. The normalized spacial score (nSPS) is 26.3. The molecule has 1 saturated carbocycles. The van der Waals surface area contributed by atoms with Crippen molar-refractivity contribution in [2.24, 2.45) is 5.41 Å². The molecule has 1 aliphatic heterocycles. The fraction of sp³-hybridized carbons (Fsp3) is 1.00. The summed E-state index contributed by atoms with van der Waals surface area (Å²) in [5.41, 5.74) is 0.682. The van der Waals surface area contributed by atoms with Crippen LogP contribution in [0.25, 0.3) is 0 Å². The average molecular weight is 254 g/mol. The molecular weight excluding hydrogens is 224 g/mol. The average Bonchev–Trinajstić information content (AvgIpc) is 2.40. The van der Waals surface area contributed by atoms with Crippen molar-refractivity contribution in [3.05, 3.63) is 0 Å². The lowest BCUT2D eigenvalue weighted by Crippen LogP contribution is -2.45. The summed E-state index contributed by atoms with van der Waals surface area (Å²) in [6.07, 6.45) is 9.79. The second kappa shape index (κ2) is 6.88. The van der Waals surface area contributed by atoms with E-state index in [0.29, 0.717) is 5.41 Å². The molecule has 18 heavy (non-hydrogen) atoms. The molecular formula is C15H30N2O. The Morgan fingerprint density at radius 2 is 1.78 bits per heavy atom. The lowest BCUT2D eigenvalue weighted by atomic mass is 9.68. The molecule has 2 N–H and O–H groups in total. The van der Waals surface area contributed by atoms with Gasteiger partial charge in [-0.3, -0.25) is 0 Å². The van der Waals surface area contributed by atoms with Gasteiger partial charge in [0.05, 0.1) is 6.10 Å². The predicted molar refractivity (Wildman–Crippen MR) is 75.7 cm³/mol. The monoisotopic (exact) mass is 254 g/mol. The molecule has 0 aromatic carbocycles. The van der Waals surface area contributed by atoms with Crippen LogP contribution in [0, 0.1) is 5.41 Å². The number of likely N-dealkylation sites (N-methyl/N-ethyl adjacent to an activating group) is 1. The van der Waals surface area contributed by atoms with E-state index in [1.165, 1.54) is 58.0 Å². The third-order valence-electron chi connectivity index (χ3n) is 4.93. The van der Waals surface area contributed by atoms with E-state index in [0.717, 1.165) is 19.6 Å². The van der Waals surface area contributed by atoms with Crippen LogP contribution in [0.15, 0.2) is 0 Å². The Morgan fingerprint density at radius 1 is 1.11 bits per heavy atom. The Labute approximate surface area is 112 Å². The summed E-state index contributed by atoms with van der Waals surface area (Å²) < 4.78 is 0. The Morgan fingerprint density at radius 3 is 2.39 bits per heavy atom. The second-order valence-electron chi connectivity index (χ2n) is 6.32. The van der Waals surface area contributed by atoms with E-state index < -0.39 is 0 Å². The zero-order chi connectivity index (χ0) is 12.8. The van der Waals surface area contributed by atoms with E-state index in [2.05, 4.69) is 17.1 Å². The molecule has 0 bridgehead atoms. The number of β-amino-alcohol motifs (C(OH)–C–C–N with tert-alkyl or cyclic N) is 1. The molecule has 2 rings (SSSR count). The largest absolute Gasteiger partial charge is 0.390 e. The minimum absolute atomic E-state index is 0.203. The van der Waals surface area contributed by atoms with Crippen LogP contribution in [0.5, 0.6) is 0 Å². The van der Waals surface area contributed by atoms with E-state index in [1.807, 2.05) is 0 Å². The Bertz CT molecular complexity index is 229. The van der Waals surface area contributed by atoms with Crippen molar-refractivity contribution >= 4 is 0 Å². The topological polar surface area (TPSA) is 35.5 Å². The molecule has 1 aliphatic carbocycles. The zero-order valence-corrected chi connectivity index (χ0v) is 12.0. The summed E-state index contributed by atoms with van der Waals surface area (Å²) in [6, 6.07) is 0. The van der Waals surface area contributed by atoms with Crippen molar-refractivity contribution in [3.8, 4) is 0 Å². The van der Waals surface area contributed by atoms with E-state index in [1.54, 1.807) is 0 Å². The van der Waals surface area contributed by atoms with Gasteiger partial charge < -0.3 is 15.3 Å². The van der Waals surface area contributed by atoms with Crippen molar-refractivity contribution in [1.82, 2.24) is 10.2 Å². The van der Waals surface area contributed by atoms with Gasteiger partial charge in [0.25, 0.3) is 0 Å². The molecule has 2 fully saturated rings. The van der Waals surface area contributed by atoms with Gasteiger partial charge in [-0.1, -0.05) is 26.2 Å². The summed E-state index contributed by atoms with van der Waals surface area (Å²) in [5.74, 6) is 0. The molecule has 0 aromatic heterocycles. The minimum atomic E-state index is -0.203. The highest BCUT2D eigenvalue weighted by atomic mass is 16.3. The van der Waals surface area contributed by atoms with Crippen molar-refractivity contribution in [1.29, 1.82) is 0 Å². The molecule has 1 unspecified atom stereocenters. The minimum Gasteiger partial charge on any atom is -0.390 e. The molecule has 1 atom stereocenters. The summed E-state index contributed by atoms with van der Waals surface area (Å²) >= 11 is 0. The maximum atomic E-state index is 9.93. The highest BCUT2D eigenvalue weighted by molar-refractivity contribution is 4.88. The summed E-state index contributed by atoms with van der Waals surface area (Å²) in [5, 5.41) is 13.1. The van der Waals surface area contributed by atoms with Crippen LogP contribution in [0.3, 0.4) is 0 Å². The standard InChI is InChI=1S/C15H30N2O/c1-2-16-12-14(18)13-17-10-8-15(9-11-17)6-4-3-5-7-15/h14,16,18H,2-13H2,1H3. The van der Waals surface area contributed by atoms with Crippen molar-refractivity contribution < 1.29 is 5.11 Å². The third kappa shape index (κ3) is 3.94. The Hall–Kier alpha value is -0.120. The first kappa shape index (κ1) is 14.3. The van der Waals surface area contributed by atoms with Gasteiger partial charge in [0.2, 0.25) is 0 Å². The van der Waals surface area contributed by atoms with E-state index >= 15 is 0 Å². The lowest BCUT2D eigenvalue weighted by molar-refractivity contribution is 0.0386. The van der Waals surface area contributed by atoms with Crippen molar-refractivity contribution in [3.63, 3.8) is 0 Å². The lowest BCUT2D eigenvalue weighted by Gasteiger charge is -2.44. The molecule has 1 spiro atoms. The van der Waals surface area contributed by atoms with Crippen LogP contribution in [0.1, 0.15) is 51.9 Å². The number of likely N-dealkylation sites (tertiary alicyclic amines) is 1. The number of nitrogens with zero attached hydrogens (tertiary/aromatic N) is 1. The molecule has 0 radical (unpaired) electrons. The van der Waals surface area contributed by atoms with E-state index in [-0.39, 0.29) is 6.10 Å². The van der Waals surface area contributed by atoms with E-state index in [4.69, 9.17) is 0 Å². The molecule has 3 heteroatoms. The van der Waals surface area contributed by atoms with Gasteiger partial charge in [-0.2, -0.15) is 0 Å². The third-order valence-corrected chi connectivity index (χ3v) is 4.93. The van der Waals surface area contributed by atoms with Gasteiger partial charge in [-0.15, -0.1) is 0 Å². The first-order valence-corrected chi connectivity index (χ1v) is 7.85. The van der Waals surface area contributed by atoms with Crippen LogP contribution in [0.4, 0.5) is 0 Å². The maximum Gasteiger partial charge on any atom is 0.0791 e. The first-order chi connectivity index (χ1) is 8.74. The first-order valence-electron chi connectivity index (χ1n) is 7.85. The smallest absolute Gasteiger partial charge is 0.0791 e. The fourth-order valence-electron chi connectivity index (χ4n) is 3.69. The molecule has 0 aromatic rings. The summed E-state index contributed by atoms with van der Waals surface area (Å²) in [6.45, 7) is 7.01. The van der Waals surface area contributed by atoms with Crippen LogP contribution in [-0.4, -0.2) is 48.8 Å². The SMILES string of the molecule is CCNCC(O)CN1CCC2(CCCCC2)CC1. The van der Waals surface area contributed by atoms with Gasteiger partial charge >= 0.3 is 0 Å². The van der Waals surface area contributed by atoms with Gasteiger partial charge in [-0.25, -0.2) is 0 Å². The van der Waals surface area contributed by atoms with E-state index in [9.17, 15) is 5.11 Å². The van der Waals surface area contributed by atoms with Crippen molar-refractivity contribution in [2.45, 2.75) is 58.0 Å². The van der Waals surface area contributed by atoms with Crippen LogP contribution in [0.2, 0.25) is 0 Å². The quantitative estimate of drug-likeness (QED) is 0.788. The zero-order valence-electron chi connectivity index (χ0n) is 12.0. The van der Waals surface area contributed by atoms with Gasteiger partial charge in [0.15, 0.2) is 0 Å². The Balaban J connectivity index is 1.69. The van der Waals surface area contributed by atoms with Crippen LogP contribution < -0.4 is 5.32 Å². The summed E-state index contributed by atoms with van der Waals surface area (Å²) in [7, 11) is 0. The summed E-state index contributed by atoms with van der Waals surface area (Å²) in [4.78, 5) is 2.46. The number of hydrogen-bond acceptors (Lipinski definition) is 3. The molecule has 106 valence electrons. The number of nitrogens with one attached hydrogen (secondary N) is 1. The van der Waals surface area contributed by atoms with Crippen LogP contribution in [-0.2, 0) is 0 Å².